The van der Waals surface area contributed by atoms with Crippen LogP contribution in [0.2, 0.25) is 0 Å². The molecule has 0 radical (unpaired) electrons. The van der Waals surface area contributed by atoms with E-state index < -0.39 is 35.5 Å². The monoisotopic (exact) mass is 417 g/mol. The van der Waals surface area contributed by atoms with Crippen LogP contribution in [0.5, 0.6) is 0 Å². The van der Waals surface area contributed by atoms with E-state index in [-0.39, 0.29) is 30.8 Å². The lowest BCUT2D eigenvalue weighted by Crippen LogP contribution is -2.50. The highest BCUT2D eigenvalue weighted by Gasteiger charge is 2.20. The van der Waals surface area contributed by atoms with Crippen molar-refractivity contribution >= 4 is 17.6 Å². The number of hydrogen-bond acceptors (Lipinski definition) is 4. The Labute approximate surface area is 173 Å². The van der Waals surface area contributed by atoms with Crippen molar-refractivity contribution in [2.45, 2.75) is 38.4 Å². The minimum absolute atomic E-state index is 0.0432. The SMILES string of the molecule is C[C@H](NC(=O)[C@H](N)CCc1cc(F)ccc1F)C(=O)NCc1ccc(C(=N)N)cc1. The van der Waals surface area contributed by atoms with Gasteiger partial charge in [0.25, 0.3) is 0 Å². The number of nitrogens with one attached hydrogen (secondary N) is 3. The first-order valence-electron chi connectivity index (χ1n) is 9.38. The molecule has 7 nitrogen and oxygen atoms in total. The van der Waals surface area contributed by atoms with Gasteiger partial charge in [-0.05, 0) is 49.1 Å². The fourth-order valence-electron chi connectivity index (χ4n) is 2.71. The van der Waals surface area contributed by atoms with Gasteiger partial charge in [0.2, 0.25) is 11.8 Å². The molecule has 0 unspecified atom stereocenters. The molecule has 2 atom stereocenters. The molecule has 0 saturated carbocycles. The number of halogens is 2. The van der Waals surface area contributed by atoms with E-state index in [9.17, 15) is 18.4 Å². The molecule has 0 fully saturated rings. The van der Waals surface area contributed by atoms with Crippen molar-refractivity contribution < 1.29 is 18.4 Å². The predicted molar refractivity (Wildman–Crippen MR) is 110 cm³/mol. The first-order chi connectivity index (χ1) is 14.2. The summed E-state index contributed by atoms with van der Waals surface area (Å²) in [4.78, 5) is 24.4. The molecule has 0 aliphatic rings. The summed E-state index contributed by atoms with van der Waals surface area (Å²) in [7, 11) is 0. The van der Waals surface area contributed by atoms with E-state index in [2.05, 4.69) is 10.6 Å². The molecule has 160 valence electrons. The first-order valence-corrected chi connectivity index (χ1v) is 9.38. The Morgan fingerprint density at radius 3 is 2.40 bits per heavy atom. The third-order valence-corrected chi connectivity index (χ3v) is 4.55. The van der Waals surface area contributed by atoms with Gasteiger partial charge in [-0.25, -0.2) is 8.78 Å². The zero-order valence-electron chi connectivity index (χ0n) is 16.5. The molecule has 2 aromatic rings. The predicted octanol–water partition coefficient (Wildman–Crippen LogP) is 1.33. The minimum atomic E-state index is -0.970. The van der Waals surface area contributed by atoms with Crippen molar-refractivity contribution in [1.82, 2.24) is 10.6 Å². The second-order valence-corrected chi connectivity index (χ2v) is 6.94. The normalized spacial score (nSPS) is 12.7. The Hall–Kier alpha value is -3.33. The van der Waals surface area contributed by atoms with E-state index in [1.807, 2.05) is 0 Å². The molecule has 0 bridgehead atoms. The van der Waals surface area contributed by atoms with E-state index in [1.165, 1.54) is 6.92 Å². The van der Waals surface area contributed by atoms with Crippen LogP contribution in [0.25, 0.3) is 0 Å². The number of amidine groups is 1. The number of hydrogen-bond donors (Lipinski definition) is 5. The van der Waals surface area contributed by atoms with Gasteiger partial charge in [0.05, 0.1) is 6.04 Å². The number of nitrogens with two attached hydrogens (primary N) is 2. The summed E-state index contributed by atoms with van der Waals surface area (Å²) in [6, 6.07) is 8.14. The first kappa shape index (κ1) is 23.0. The third-order valence-electron chi connectivity index (χ3n) is 4.55. The largest absolute Gasteiger partial charge is 0.384 e. The molecule has 2 amide bonds. The Morgan fingerprint density at radius 1 is 1.10 bits per heavy atom. The van der Waals surface area contributed by atoms with Crippen LogP contribution in [0, 0.1) is 17.0 Å². The van der Waals surface area contributed by atoms with E-state index in [4.69, 9.17) is 16.9 Å². The fraction of sp³-hybridized carbons (Fsp3) is 0.286. The van der Waals surface area contributed by atoms with Gasteiger partial charge in [0.15, 0.2) is 0 Å². The van der Waals surface area contributed by atoms with Crippen molar-refractivity contribution in [3.05, 3.63) is 70.8 Å². The number of nitrogen functional groups attached to an aromatic ring is 1. The highest BCUT2D eigenvalue weighted by Crippen LogP contribution is 2.12. The summed E-state index contributed by atoms with van der Waals surface area (Å²) in [6.45, 7) is 1.76. The number of benzene rings is 2. The maximum Gasteiger partial charge on any atom is 0.242 e. The zero-order valence-corrected chi connectivity index (χ0v) is 16.5. The lowest BCUT2D eigenvalue weighted by Gasteiger charge is -2.17. The van der Waals surface area contributed by atoms with Crippen LogP contribution in [0.4, 0.5) is 8.78 Å². The smallest absolute Gasteiger partial charge is 0.242 e. The molecule has 0 heterocycles. The lowest BCUT2D eigenvalue weighted by atomic mass is 10.0. The third kappa shape index (κ3) is 6.63. The van der Waals surface area contributed by atoms with E-state index in [0.29, 0.717) is 5.56 Å². The van der Waals surface area contributed by atoms with Crippen molar-refractivity contribution in [3.8, 4) is 0 Å². The molecule has 0 spiro atoms. The Balaban J connectivity index is 1.79. The molecule has 9 heteroatoms. The Bertz CT molecular complexity index is 918. The summed E-state index contributed by atoms with van der Waals surface area (Å²) in [5.41, 5.74) is 12.7. The molecular formula is C21H25F2N5O2. The molecule has 0 aromatic heterocycles. The van der Waals surface area contributed by atoms with Crippen LogP contribution in [-0.2, 0) is 22.6 Å². The van der Waals surface area contributed by atoms with Gasteiger partial charge >= 0.3 is 0 Å². The van der Waals surface area contributed by atoms with Crippen molar-refractivity contribution in [2.24, 2.45) is 11.5 Å². The molecule has 0 aliphatic heterocycles. The number of carbonyl (C=O) groups excluding carboxylic acids is 2. The van der Waals surface area contributed by atoms with Gasteiger partial charge in [-0.15, -0.1) is 0 Å². The van der Waals surface area contributed by atoms with Crippen LogP contribution in [0.15, 0.2) is 42.5 Å². The minimum Gasteiger partial charge on any atom is -0.384 e. The van der Waals surface area contributed by atoms with Gasteiger partial charge in [-0.2, -0.15) is 0 Å². The van der Waals surface area contributed by atoms with E-state index in [1.54, 1.807) is 24.3 Å². The number of aryl methyl sites for hydroxylation is 1. The van der Waals surface area contributed by atoms with Crippen molar-refractivity contribution in [2.75, 3.05) is 0 Å². The molecule has 2 aromatic carbocycles. The summed E-state index contributed by atoms with van der Waals surface area (Å²) >= 11 is 0. The summed E-state index contributed by atoms with van der Waals surface area (Å²) in [5, 5.41) is 12.6. The zero-order chi connectivity index (χ0) is 22.3. The van der Waals surface area contributed by atoms with Gasteiger partial charge in [-0.1, -0.05) is 24.3 Å². The van der Waals surface area contributed by atoms with Gasteiger partial charge in [0, 0.05) is 12.1 Å². The topological polar surface area (TPSA) is 134 Å². The van der Waals surface area contributed by atoms with Gasteiger partial charge in [0.1, 0.15) is 23.5 Å². The maximum atomic E-state index is 13.6. The van der Waals surface area contributed by atoms with Crippen LogP contribution >= 0.6 is 0 Å². The van der Waals surface area contributed by atoms with Crippen LogP contribution < -0.4 is 22.1 Å². The van der Waals surface area contributed by atoms with Gasteiger partial charge < -0.3 is 22.1 Å². The number of amides is 2. The summed E-state index contributed by atoms with van der Waals surface area (Å²) < 4.78 is 26.9. The average molecular weight is 417 g/mol. The maximum absolute atomic E-state index is 13.6. The Kier molecular flexibility index (Phi) is 7.99. The van der Waals surface area contributed by atoms with Crippen LogP contribution in [0.1, 0.15) is 30.0 Å². The fourth-order valence-corrected chi connectivity index (χ4v) is 2.71. The second-order valence-electron chi connectivity index (χ2n) is 6.94. The highest BCUT2D eigenvalue weighted by molar-refractivity contribution is 5.94. The molecule has 7 N–H and O–H groups in total. The van der Waals surface area contributed by atoms with Crippen molar-refractivity contribution in [1.29, 1.82) is 5.41 Å². The van der Waals surface area contributed by atoms with Crippen LogP contribution in [0.3, 0.4) is 0 Å². The van der Waals surface area contributed by atoms with Crippen LogP contribution in [-0.4, -0.2) is 29.7 Å². The molecule has 0 aliphatic carbocycles. The standard InChI is InChI=1S/C21H25F2N5O2/c1-12(20(29)27-11-13-2-4-14(5-3-13)19(25)26)28-21(30)18(24)9-6-15-10-16(22)7-8-17(15)23/h2-5,7-8,10,12,18H,6,9,11,24H2,1H3,(H3,25,26)(H,27,29)(H,28,30)/t12-,18+/m0/s1. The molecule has 2 rings (SSSR count). The van der Waals surface area contributed by atoms with Crippen molar-refractivity contribution in [3.63, 3.8) is 0 Å². The van der Waals surface area contributed by atoms with E-state index >= 15 is 0 Å². The quantitative estimate of drug-likeness (QED) is 0.311. The highest BCUT2D eigenvalue weighted by atomic mass is 19.1. The number of rotatable bonds is 9. The number of carbonyl (C=O) groups is 2. The summed E-state index contributed by atoms with van der Waals surface area (Å²) in [6.07, 6.45) is 0.193. The average Bonchev–Trinajstić information content (AvgIpc) is 2.72. The lowest BCUT2D eigenvalue weighted by molar-refractivity contribution is -0.129. The Morgan fingerprint density at radius 2 is 1.77 bits per heavy atom. The molecule has 0 saturated heterocycles. The second kappa shape index (κ2) is 10.4. The van der Waals surface area contributed by atoms with Gasteiger partial charge in [-0.3, -0.25) is 15.0 Å². The molecular weight excluding hydrogens is 392 g/mol. The molecule has 30 heavy (non-hydrogen) atoms. The van der Waals surface area contributed by atoms with E-state index in [0.717, 1.165) is 23.8 Å². The summed E-state index contributed by atoms with van der Waals surface area (Å²) in [5.74, 6) is -2.13.